The Balaban J connectivity index is 2.15. The second-order valence-corrected chi connectivity index (χ2v) is 4.25. The Morgan fingerprint density at radius 3 is 2.84 bits per heavy atom. The van der Waals surface area contributed by atoms with Crippen molar-refractivity contribution in [3.8, 4) is 5.75 Å². The first-order valence-electron chi connectivity index (χ1n) is 5.75. The van der Waals surface area contributed by atoms with Crippen molar-refractivity contribution in [1.82, 2.24) is 14.9 Å². The zero-order chi connectivity index (χ0) is 14.0. The molecule has 1 unspecified atom stereocenters. The van der Waals surface area contributed by atoms with Gasteiger partial charge in [-0.3, -0.25) is 4.79 Å². The van der Waals surface area contributed by atoms with Crippen molar-refractivity contribution in [3.63, 3.8) is 0 Å². The molecule has 0 saturated heterocycles. The molecule has 0 spiro atoms. The number of aromatic hydroxyl groups is 1. The third-order valence-corrected chi connectivity index (χ3v) is 2.80. The van der Waals surface area contributed by atoms with Gasteiger partial charge in [0.15, 0.2) is 0 Å². The van der Waals surface area contributed by atoms with Crippen LogP contribution in [-0.2, 0) is 7.05 Å². The van der Waals surface area contributed by atoms with E-state index >= 15 is 0 Å². The molecule has 0 saturated carbocycles. The van der Waals surface area contributed by atoms with Crippen LogP contribution in [0.3, 0.4) is 0 Å². The van der Waals surface area contributed by atoms with E-state index in [2.05, 4.69) is 10.3 Å². The van der Waals surface area contributed by atoms with Crippen LogP contribution in [0.5, 0.6) is 5.75 Å². The number of halogens is 1. The largest absolute Gasteiger partial charge is 0.507 e. The highest BCUT2D eigenvalue weighted by Crippen LogP contribution is 2.19. The molecule has 6 heteroatoms. The summed E-state index contributed by atoms with van der Waals surface area (Å²) in [6.07, 6.45) is 3.40. The Bertz CT molecular complexity index is 610. The maximum absolute atomic E-state index is 12.8. The standard InChI is InChI=1S/C13H14FN3O2/c1-8(12-15-5-6-17(12)2)16-13(19)10-4-3-9(14)7-11(10)18/h3-8,18H,1-2H3,(H,16,19). The van der Waals surface area contributed by atoms with E-state index in [4.69, 9.17) is 0 Å². The molecule has 100 valence electrons. The highest BCUT2D eigenvalue weighted by atomic mass is 19.1. The lowest BCUT2D eigenvalue weighted by Gasteiger charge is -2.14. The average Bonchev–Trinajstić information content (AvgIpc) is 2.75. The first-order chi connectivity index (χ1) is 8.99. The molecule has 2 aromatic rings. The lowest BCUT2D eigenvalue weighted by atomic mass is 10.1. The van der Waals surface area contributed by atoms with Gasteiger partial charge in [0.2, 0.25) is 0 Å². The molecule has 0 aliphatic carbocycles. The van der Waals surface area contributed by atoms with Gasteiger partial charge in [-0.2, -0.15) is 0 Å². The van der Waals surface area contributed by atoms with Crippen molar-refractivity contribution in [2.45, 2.75) is 13.0 Å². The van der Waals surface area contributed by atoms with Crippen molar-refractivity contribution < 1.29 is 14.3 Å². The van der Waals surface area contributed by atoms with E-state index in [1.54, 1.807) is 23.9 Å². The lowest BCUT2D eigenvalue weighted by molar-refractivity contribution is 0.0935. The van der Waals surface area contributed by atoms with E-state index < -0.39 is 11.7 Å². The predicted molar refractivity (Wildman–Crippen MR) is 67.2 cm³/mol. The van der Waals surface area contributed by atoms with Crippen LogP contribution in [0.2, 0.25) is 0 Å². The van der Waals surface area contributed by atoms with Gasteiger partial charge in [0.1, 0.15) is 17.4 Å². The lowest BCUT2D eigenvalue weighted by Crippen LogP contribution is -2.28. The SMILES string of the molecule is CC(NC(=O)c1ccc(F)cc1O)c1nccn1C. The molecule has 0 bridgehead atoms. The van der Waals surface area contributed by atoms with Gasteiger partial charge in [-0.1, -0.05) is 0 Å². The topological polar surface area (TPSA) is 67.2 Å². The molecular weight excluding hydrogens is 249 g/mol. The normalized spacial score (nSPS) is 12.2. The Morgan fingerprint density at radius 2 is 2.26 bits per heavy atom. The number of nitrogens with one attached hydrogen (secondary N) is 1. The summed E-state index contributed by atoms with van der Waals surface area (Å²) in [4.78, 5) is 16.1. The molecule has 1 heterocycles. The second kappa shape index (κ2) is 5.09. The Kier molecular flexibility index (Phi) is 3.50. The van der Waals surface area contributed by atoms with Crippen LogP contribution in [0.15, 0.2) is 30.6 Å². The summed E-state index contributed by atoms with van der Waals surface area (Å²) < 4.78 is 14.6. The molecular formula is C13H14FN3O2. The predicted octanol–water partition coefficient (Wildman–Crippen LogP) is 1.76. The van der Waals surface area contributed by atoms with Gasteiger partial charge in [-0.25, -0.2) is 9.37 Å². The minimum Gasteiger partial charge on any atom is -0.507 e. The number of imidazole rings is 1. The number of phenolic OH excluding ortho intramolecular Hbond substituents is 1. The molecule has 1 aromatic heterocycles. The van der Waals surface area contributed by atoms with Gasteiger partial charge in [-0.15, -0.1) is 0 Å². The number of nitrogens with zero attached hydrogens (tertiary/aromatic N) is 2. The van der Waals surface area contributed by atoms with Gasteiger partial charge in [0, 0.05) is 25.5 Å². The number of rotatable bonds is 3. The smallest absolute Gasteiger partial charge is 0.255 e. The number of carbonyl (C=O) groups excluding carboxylic acids is 1. The minimum absolute atomic E-state index is 0.0301. The summed E-state index contributed by atoms with van der Waals surface area (Å²) in [6.45, 7) is 1.78. The van der Waals surface area contributed by atoms with Gasteiger partial charge in [0.25, 0.3) is 5.91 Å². The number of phenols is 1. The molecule has 1 aromatic carbocycles. The second-order valence-electron chi connectivity index (χ2n) is 4.25. The number of benzene rings is 1. The summed E-state index contributed by atoms with van der Waals surface area (Å²) in [5.74, 6) is -0.765. The fourth-order valence-electron chi connectivity index (χ4n) is 1.83. The van der Waals surface area contributed by atoms with Gasteiger partial charge < -0.3 is 15.0 Å². The highest BCUT2D eigenvalue weighted by Gasteiger charge is 2.17. The quantitative estimate of drug-likeness (QED) is 0.886. The van der Waals surface area contributed by atoms with E-state index in [0.29, 0.717) is 5.82 Å². The van der Waals surface area contributed by atoms with Crippen molar-refractivity contribution >= 4 is 5.91 Å². The maximum Gasteiger partial charge on any atom is 0.255 e. The van der Waals surface area contributed by atoms with E-state index in [0.717, 1.165) is 12.1 Å². The molecule has 0 fully saturated rings. The number of aromatic nitrogens is 2. The van der Waals surface area contributed by atoms with Gasteiger partial charge in [-0.05, 0) is 19.1 Å². The van der Waals surface area contributed by atoms with Crippen LogP contribution in [-0.4, -0.2) is 20.6 Å². The van der Waals surface area contributed by atoms with E-state index in [1.807, 2.05) is 7.05 Å². The summed E-state index contributed by atoms with van der Waals surface area (Å²) in [5, 5.41) is 12.2. The highest BCUT2D eigenvalue weighted by molar-refractivity contribution is 5.96. The third kappa shape index (κ3) is 2.73. The number of aryl methyl sites for hydroxylation is 1. The molecule has 5 nitrogen and oxygen atoms in total. The third-order valence-electron chi connectivity index (χ3n) is 2.80. The van der Waals surface area contributed by atoms with Crippen LogP contribution >= 0.6 is 0 Å². The zero-order valence-electron chi connectivity index (χ0n) is 10.6. The number of carbonyl (C=O) groups is 1. The van der Waals surface area contributed by atoms with Crippen molar-refractivity contribution in [1.29, 1.82) is 0 Å². The Morgan fingerprint density at radius 1 is 1.53 bits per heavy atom. The van der Waals surface area contributed by atoms with Crippen molar-refractivity contribution in [3.05, 3.63) is 47.8 Å². The number of amides is 1. The molecule has 0 radical (unpaired) electrons. The zero-order valence-corrected chi connectivity index (χ0v) is 10.6. The molecule has 1 atom stereocenters. The monoisotopic (exact) mass is 263 g/mol. The number of hydrogen-bond acceptors (Lipinski definition) is 3. The minimum atomic E-state index is -0.591. The Hall–Kier alpha value is -2.37. The average molecular weight is 263 g/mol. The first kappa shape index (κ1) is 13.1. The summed E-state index contributed by atoms with van der Waals surface area (Å²) in [5.41, 5.74) is 0.0301. The molecule has 19 heavy (non-hydrogen) atoms. The van der Waals surface area contributed by atoms with Gasteiger partial charge >= 0.3 is 0 Å². The molecule has 1 amide bonds. The number of hydrogen-bond donors (Lipinski definition) is 2. The fourth-order valence-corrected chi connectivity index (χ4v) is 1.83. The summed E-state index contributed by atoms with van der Waals surface area (Å²) in [7, 11) is 1.82. The summed E-state index contributed by atoms with van der Waals surface area (Å²) in [6, 6.07) is 2.95. The first-order valence-corrected chi connectivity index (χ1v) is 5.75. The van der Waals surface area contributed by atoms with E-state index in [-0.39, 0.29) is 17.4 Å². The Labute approximate surface area is 109 Å². The van der Waals surface area contributed by atoms with Crippen LogP contribution < -0.4 is 5.32 Å². The van der Waals surface area contributed by atoms with Crippen molar-refractivity contribution in [2.24, 2.45) is 7.05 Å². The van der Waals surface area contributed by atoms with Crippen LogP contribution in [0.1, 0.15) is 29.1 Å². The molecule has 2 N–H and O–H groups in total. The molecule has 2 rings (SSSR count). The van der Waals surface area contributed by atoms with Crippen LogP contribution in [0.25, 0.3) is 0 Å². The van der Waals surface area contributed by atoms with E-state index in [9.17, 15) is 14.3 Å². The molecule has 0 aliphatic heterocycles. The molecule has 0 aliphatic rings. The fraction of sp³-hybridized carbons (Fsp3) is 0.231. The van der Waals surface area contributed by atoms with E-state index in [1.165, 1.54) is 6.07 Å². The van der Waals surface area contributed by atoms with Crippen molar-refractivity contribution in [2.75, 3.05) is 0 Å². The van der Waals surface area contributed by atoms with Crippen LogP contribution in [0.4, 0.5) is 4.39 Å². The summed E-state index contributed by atoms with van der Waals surface area (Å²) >= 11 is 0. The van der Waals surface area contributed by atoms with Gasteiger partial charge in [0.05, 0.1) is 11.6 Å². The van der Waals surface area contributed by atoms with Crippen LogP contribution in [0, 0.1) is 5.82 Å². The maximum atomic E-state index is 12.8.